The molecular weight excluding hydrogens is 286 g/mol. The maximum atomic E-state index is 11.8. The summed E-state index contributed by atoms with van der Waals surface area (Å²) in [5.74, 6) is 1.62. The van der Waals surface area contributed by atoms with E-state index in [1.54, 1.807) is 0 Å². The highest BCUT2D eigenvalue weighted by atomic mass is 32.1. The quantitative estimate of drug-likeness (QED) is 0.735. The number of carbonyl (C=O) groups excluding carboxylic acids is 1. The average molecular weight is 307 g/mol. The lowest BCUT2D eigenvalue weighted by atomic mass is 10.3. The van der Waals surface area contributed by atoms with Crippen molar-refractivity contribution in [1.82, 2.24) is 15.6 Å². The number of nitrogens with one attached hydrogen (secondary N) is 2. The number of rotatable bonds is 8. The Morgan fingerprint density at radius 3 is 2.90 bits per heavy atom. The van der Waals surface area contributed by atoms with E-state index < -0.39 is 0 Å². The maximum Gasteiger partial charge on any atom is 0.226 e. The van der Waals surface area contributed by atoms with Crippen molar-refractivity contribution in [1.29, 1.82) is 0 Å². The van der Waals surface area contributed by atoms with Crippen molar-refractivity contribution >= 4 is 17.2 Å². The van der Waals surface area contributed by atoms with Gasteiger partial charge in [0, 0.05) is 18.5 Å². The number of furan rings is 1. The van der Waals surface area contributed by atoms with Crippen molar-refractivity contribution in [2.45, 2.75) is 26.7 Å². The number of thiazole rings is 1. The topological polar surface area (TPSA) is 67.2 Å². The first-order chi connectivity index (χ1) is 10.2. The number of aromatic nitrogens is 1. The van der Waals surface area contributed by atoms with Crippen molar-refractivity contribution in [3.63, 3.8) is 0 Å². The van der Waals surface area contributed by atoms with Crippen molar-refractivity contribution in [2.75, 3.05) is 19.6 Å². The first kappa shape index (κ1) is 15.7. The summed E-state index contributed by atoms with van der Waals surface area (Å²) in [6, 6.07) is 3.81. The van der Waals surface area contributed by atoms with Gasteiger partial charge in [0.1, 0.15) is 5.76 Å². The highest BCUT2D eigenvalue weighted by molar-refractivity contribution is 7.13. The molecule has 2 rings (SSSR count). The second kappa shape index (κ2) is 7.95. The van der Waals surface area contributed by atoms with Gasteiger partial charge in [0.05, 0.1) is 12.1 Å². The summed E-state index contributed by atoms with van der Waals surface area (Å²) in [5.41, 5.74) is 0.781. The highest BCUT2D eigenvalue weighted by Crippen LogP contribution is 2.25. The van der Waals surface area contributed by atoms with Gasteiger partial charge in [0.25, 0.3) is 0 Å². The van der Waals surface area contributed by atoms with Gasteiger partial charge in [-0.05, 0) is 32.0 Å². The number of amides is 1. The molecule has 0 saturated heterocycles. The van der Waals surface area contributed by atoms with Gasteiger partial charge in [-0.25, -0.2) is 4.98 Å². The number of hydrogen-bond donors (Lipinski definition) is 2. The molecule has 2 N–H and O–H groups in total. The predicted molar refractivity (Wildman–Crippen MR) is 84.4 cm³/mol. The van der Waals surface area contributed by atoms with E-state index in [-0.39, 0.29) is 5.91 Å². The molecule has 0 aliphatic rings. The zero-order valence-corrected chi connectivity index (χ0v) is 13.3. The number of nitrogens with zero attached hydrogens (tertiary/aromatic N) is 1. The normalized spacial score (nSPS) is 10.8. The third-order valence-electron chi connectivity index (χ3n) is 2.90. The highest BCUT2D eigenvalue weighted by Gasteiger charge is 2.10. The molecule has 5 nitrogen and oxygen atoms in total. The van der Waals surface area contributed by atoms with E-state index in [9.17, 15) is 4.79 Å². The molecule has 2 aromatic rings. The predicted octanol–water partition coefficient (Wildman–Crippen LogP) is 2.37. The van der Waals surface area contributed by atoms with Gasteiger partial charge in [-0.3, -0.25) is 4.79 Å². The van der Waals surface area contributed by atoms with E-state index in [4.69, 9.17) is 4.42 Å². The van der Waals surface area contributed by atoms with Gasteiger partial charge >= 0.3 is 0 Å². The number of carbonyl (C=O) groups is 1. The fourth-order valence-corrected chi connectivity index (χ4v) is 2.65. The maximum absolute atomic E-state index is 11.8. The molecule has 6 heteroatoms. The molecule has 2 heterocycles. The SMILES string of the molecule is CCCNCCNC(=O)Cc1csc(-c2ccc(C)o2)n1. The Hall–Kier alpha value is -1.66. The molecule has 0 saturated carbocycles. The summed E-state index contributed by atoms with van der Waals surface area (Å²) in [7, 11) is 0. The van der Waals surface area contributed by atoms with E-state index in [1.165, 1.54) is 11.3 Å². The monoisotopic (exact) mass is 307 g/mol. The lowest BCUT2D eigenvalue weighted by molar-refractivity contribution is -0.120. The number of aryl methyl sites for hydroxylation is 1. The Balaban J connectivity index is 1.78. The standard InChI is InChI=1S/C15H21N3O2S/c1-3-6-16-7-8-17-14(19)9-12-10-21-15(18-12)13-5-4-11(2)20-13/h4-5,10,16H,3,6-9H2,1-2H3,(H,17,19). The fraction of sp³-hybridized carbons (Fsp3) is 0.467. The Morgan fingerprint density at radius 2 is 2.19 bits per heavy atom. The molecular formula is C15H21N3O2S. The van der Waals surface area contributed by atoms with E-state index in [0.29, 0.717) is 13.0 Å². The number of hydrogen-bond acceptors (Lipinski definition) is 5. The summed E-state index contributed by atoms with van der Waals surface area (Å²) in [6.07, 6.45) is 1.41. The van der Waals surface area contributed by atoms with Crippen molar-refractivity contribution < 1.29 is 9.21 Å². The Labute approximate surface area is 128 Å². The van der Waals surface area contributed by atoms with Crippen LogP contribution in [0.15, 0.2) is 21.9 Å². The van der Waals surface area contributed by atoms with E-state index >= 15 is 0 Å². The van der Waals surface area contributed by atoms with Crippen LogP contribution < -0.4 is 10.6 Å². The Morgan fingerprint density at radius 1 is 1.33 bits per heavy atom. The minimum atomic E-state index is 0.000717. The van der Waals surface area contributed by atoms with Crippen LogP contribution >= 0.6 is 11.3 Å². The van der Waals surface area contributed by atoms with Crippen molar-refractivity contribution in [3.8, 4) is 10.8 Å². The molecule has 21 heavy (non-hydrogen) atoms. The molecule has 114 valence electrons. The summed E-state index contributed by atoms with van der Waals surface area (Å²) in [5, 5.41) is 8.84. The zero-order chi connectivity index (χ0) is 15.1. The van der Waals surface area contributed by atoms with Crippen LogP contribution in [0, 0.1) is 6.92 Å². The Kier molecular flexibility index (Phi) is 5.95. The minimum Gasteiger partial charge on any atom is -0.459 e. The third kappa shape index (κ3) is 4.99. The van der Waals surface area contributed by atoms with Crippen molar-refractivity contribution in [2.24, 2.45) is 0 Å². The molecule has 0 unspecified atom stereocenters. The van der Waals surface area contributed by atoms with Gasteiger partial charge in [-0.15, -0.1) is 11.3 Å². The van der Waals surface area contributed by atoms with E-state index in [1.807, 2.05) is 24.4 Å². The molecule has 0 aliphatic carbocycles. The van der Waals surface area contributed by atoms with Crippen LogP contribution in [0.1, 0.15) is 24.8 Å². The fourth-order valence-electron chi connectivity index (χ4n) is 1.87. The largest absolute Gasteiger partial charge is 0.459 e. The van der Waals surface area contributed by atoms with Crippen LogP contribution in [0.3, 0.4) is 0 Å². The van der Waals surface area contributed by atoms with Crippen molar-refractivity contribution in [3.05, 3.63) is 29.0 Å². The summed E-state index contributed by atoms with van der Waals surface area (Å²) in [4.78, 5) is 16.2. The summed E-state index contributed by atoms with van der Waals surface area (Å²) < 4.78 is 5.53. The van der Waals surface area contributed by atoms with Crippen LogP contribution in [0.25, 0.3) is 10.8 Å². The lowest BCUT2D eigenvalue weighted by Crippen LogP contribution is -2.33. The minimum absolute atomic E-state index is 0.000717. The van der Waals surface area contributed by atoms with Gasteiger partial charge in [0.2, 0.25) is 5.91 Å². The lowest BCUT2D eigenvalue weighted by Gasteiger charge is -2.04. The van der Waals surface area contributed by atoms with Crippen LogP contribution in [0.5, 0.6) is 0 Å². The second-order valence-corrected chi connectivity index (χ2v) is 5.69. The average Bonchev–Trinajstić information content (AvgIpc) is 3.07. The molecule has 0 atom stereocenters. The Bertz CT molecular complexity index is 577. The molecule has 0 aliphatic heterocycles. The molecule has 2 aromatic heterocycles. The molecule has 0 spiro atoms. The van der Waals surface area contributed by atoms with E-state index in [2.05, 4.69) is 22.5 Å². The van der Waals surface area contributed by atoms with Crippen LogP contribution in [0.2, 0.25) is 0 Å². The first-order valence-corrected chi connectivity index (χ1v) is 8.05. The molecule has 0 radical (unpaired) electrons. The third-order valence-corrected chi connectivity index (χ3v) is 3.80. The second-order valence-electron chi connectivity index (χ2n) is 4.83. The van der Waals surface area contributed by atoms with Crippen LogP contribution in [-0.4, -0.2) is 30.5 Å². The summed E-state index contributed by atoms with van der Waals surface area (Å²) >= 11 is 1.50. The van der Waals surface area contributed by atoms with Crippen LogP contribution in [0.4, 0.5) is 0 Å². The smallest absolute Gasteiger partial charge is 0.226 e. The van der Waals surface area contributed by atoms with E-state index in [0.717, 1.165) is 41.7 Å². The summed E-state index contributed by atoms with van der Waals surface area (Å²) in [6.45, 7) is 6.44. The van der Waals surface area contributed by atoms with Gasteiger partial charge in [-0.1, -0.05) is 6.92 Å². The first-order valence-electron chi connectivity index (χ1n) is 7.17. The van der Waals surface area contributed by atoms with Crippen LogP contribution in [-0.2, 0) is 11.2 Å². The molecule has 0 fully saturated rings. The molecule has 1 amide bonds. The van der Waals surface area contributed by atoms with Gasteiger partial charge in [0.15, 0.2) is 10.8 Å². The molecule has 0 bridgehead atoms. The van der Waals surface area contributed by atoms with Gasteiger partial charge < -0.3 is 15.1 Å². The van der Waals surface area contributed by atoms with Gasteiger partial charge in [-0.2, -0.15) is 0 Å². The zero-order valence-electron chi connectivity index (χ0n) is 12.4. The molecule has 0 aromatic carbocycles.